The van der Waals surface area contributed by atoms with Crippen LogP contribution in [0.15, 0.2) is 0 Å². The van der Waals surface area contributed by atoms with Gasteiger partial charge in [0.2, 0.25) is 0 Å². The molecule has 3 heteroatoms. The first kappa shape index (κ1) is 10.4. The zero-order valence-electron chi connectivity index (χ0n) is 2.68. The van der Waals surface area contributed by atoms with E-state index < -0.39 is 0 Å². The van der Waals surface area contributed by atoms with Crippen LogP contribution in [-0.4, -0.2) is 63.0 Å². The molecule has 0 amide bonds. The molecule has 0 saturated carbocycles. The Morgan fingerprint density at radius 1 is 1.67 bits per heavy atom. The Morgan fingerprint density at radius 3 is 2.17 bits per heavy atom. The fraction of sp³-hybridized carbons (Fsp3) is 0.333. The van der Waals surface area contributed by atoms with Crippen LogP contribution >= 0.6 is 12.2 Å². The van der Waals surface area contributed by atoms with Gasteiger partial charge in [-0.15, -0.1) is 0 Å². The van der Waals surface area contributed by atoms with Gasteiger partial charge >= 0.3 is 51.4 Å². The number of hydrogen-bond donors (Lipinski definition) is 0. The molecule has 6 heavy (non-hydrogen) atoms. The van der Waals surface area contributed by atoms with E-state index in [4.69, 9.17) is 0 Å². The summed E-state index contributed by atoms with van der Waals surface area (Å²) in [5, 5.41) is 1.40. The van der Waals surface area contributed by atoms with Crippen LogP contribution in [-0.2, 0) is 4.79 Å². The number of rotatable bonds is 2. The van der Waals surface area contributed by atoms with Crippen molar-refractivity contribution in [1.29, 1.82) is 0 Å². The van der Waals surface area contributed by atoms with Gasteiger partial charge in [0, 0.05) is 6.42 Å². The zero-order chi connectivity index (χ0) is 4.12. The average molecular weight is 128 g/mol. The normalized spacial score (nSPS) is 5.33. The van der Waals surface area contributed by atoms with E-state index in [0.29, 0.717) is 6.42 Å². The summed E-state index contributed by atoms with van der Waals surface area (Å²) in [6.07, 6.45) is 1.17. The van der Waals surface area contributed by atoms with Crippen molar-refractivity contribution >= 4 is 75.3 Å². The summed E-state index contributed by atoms with van der Waals surface area (Å²) in [4.78, 5) is 9.31. The van der Waals surface area contributed by atoms with Crippen LogP contribution in [0.3, 0.4) is 0 Å². The summed E-state index contributed by atoms with van der Waals surface area (Å²) in [5.41, 5.74) is 0. The molecule has 0 atom stereocenters. The second-order valence-corrected chi connectivity index (χ2v) is 0.902. The SMILES string of the molecule is O=CCC=S.[KH]. The number of carbonyl (C=O) groups is 1. The second-order valence-electron chi connectivity index (χ2n) is 0.569. The van der Waals surface area contributed by atoms with Gasteiger partial charge in [-0.25, -0.2) is 0 Å². The average Bonchev–Trinajstić information content (AvgIpc) is 1.41. The first-order chi connectivity index (χ1) is 2.41. The fourth-order valence-electron chi connectivity index (χ4n) is 0.0393. The van der Waals surface area contributed by atoms with Crippen molar-refractivity contribution in [2.45, 2.75) is 6.42 Å². The first-order valence-corrected chi connectivity index (χ1v) is 1.76. The zero-order valence-corrected chi connectivity index (χ0v) is 3.49. The van der Waals surface area contributed by atoms with Crippen LogP contribution in [0.2, 0.25) is 0 Å². The molecule has 0 radical (unpaired) electrons. The molecule has 0 saturated heterocycles. The summed E-state index contributed by atoms with van der Waals surface area (Å²) in [5.74, 6) is 0. The predicted octanol–water partition coefficient (Wildman–Crippen LogP) is -0.0734. The van der Waals surface area contributed by atoms with Crippen molar-refractivity contribution < 1.29 is 4.79 Å². The van der Waals surface area contributed by atoms with E-state index in [1.54, 1.807) is 0 Å². The first-order valence-electron chi connectivity index (χ1n) is 1.29. The van der Waals surface area contributed by atoms with E-state index >= 15 is 0 Å². The van der Waals surface area contributed by atoms with Crippen LogP contribution in [0.25, 0.3) is 0 Å². The van der Waals surface area contributed by atoms with Crippen molar-refractivity contribution in [2.24, 2.45) is 0 Å². The van der Waals surface area contributed by atoms with Gasteiger partial charge in [-0.3, -0.25) is 0 Å². The van der Waals surface area contributed by atoms with Crippen LogP contribution in [0.4, 0.5) is 0 Å². The summed E-state index contributed by atoms with van der Waals surface area (Å²) >= 11 is 4.29. The minimum atomic E-state index is 0. The van der Waals surface area contributed by atoms with Gasteiger partial charge in [-0.2, -0.15) is 0 Å². The standard InChI is InChI=1S/C3H4OS.K.H/c4-2-1-3-5;;/h2-3H,1H2;;. The maximum absolute atomic E-state index is 9.31. The van der Waals surface area contributed by atoms with Gasteiger partial charge in [-0.05, 0) is 5.37 Å². The molecule has 0 aliphatic rings. The Morgan fingerprint density at radius 2 is 2.17 bits per heavy atom. The van der Waals surface area contributed by atoms with Crippen molar-refractivity contribution in [1.82, 2.24) is 0 Å². The third-order valence-corrected chi connectivity index (χ3v) is 0.385. The van der Waals surface area contributed by atoms with Crippen LogP contribution in [0.5, 0.6) is 0 Å². The van der Waals surface area contributed by atoms with E-state index in [1.807, 2.05) is 0 Å². The number of carbonyl (C=O) groups excluding carboxylic acids is 1. The minimum absolute atomic E-state index is 0. The van der Waals surface area contributed by atoms with E-state index in [-0.39, 0.29) is 51.4 Å². The summed E-state index contributed by atoms with van der Waals surface area (Å²) < 4.78 is 0. The molecule has 0 bridgehead atoms. The van der Waals surface area contributed by atoms with Gasteiger partial charge in [0.05, 0.1) is 0 Å². The molecule has 0 aliphatic heterocycles. The van der Waals surface area contributed by atoms with Gasteiger partial charge in [0.15, 0.2) is 0 Å². The Balaban J connectivity index is 0. The van der Waals surface area contributed by atoms with Gasteiger partial charge < -0.3 is 4.79 Å². The third kappa shape index (κ3) is 9.04. The number of hydrogen-bond acceptors (Lipinski definition) is 2. The van der Waals surface area contributed by atoms with Crippen LogP contribution in [0.1, 0.15) is 6.42 Å². The number of aldehydes is 1. The molecule has 0 aromatic heterocycles. The molecular formula is C3H5KOS. The molecular weight excluding hydrogens is 123 g/mol. The van der Waals surface area contributed by atoms with E-state index in [9.17, 15) is 4.79 Å². The van der Waals surface area contributed by atoms with Gasteiger partial charge in [-0.1, -0.05) is 12.2 Å². The molecule has 0 unspecified atom stereocenters. The Kier molecular flexibility index (Phi) is 16.7. The quantitative estimate of drug-likeness (QED) is 0.294. The molecule has 0 rings (SSSR count). The monoisotopic (exact) mass is 128 g/mol. The fourth-order valence-corrected chi connectivity index (χ4v) is 0.118. The molecule has 0 aromatic rings. The summed E-state index contributed by atoms with van der Waals surface area (Å²) in [6, 6.07) is 0. The molecule has 0 aliphatic carbocycles. The van der Waals surface area contributed by atoms with Gasteiger partial charge in [0.1, 0.15) is 6.29 Å². The van der Waals surface area contributed by atoms with Crippen LogP contribution in [0, 0.1) is 0 Å². The van der Waals surface area contributed by atoms with Crippen molar-refractivity contribution in [2.75, 3.05) is 0 Å². The Bertz CT molecular complexity index is 40.1. The van der Waals surface area contributed by atoms with E-state index in [1.165, 1.54) is 5.37 Å². The van der Waals surface area contributed by atoms with Crippen molar-refractivity contribution in [3.8, 4) is 0 Å². The molecule has 0 N–H and O–H groups in total. The third-order valence-electron chi connectivity index (χ3n) is 0.192. The molecule has 0 heterocycles. The second kappa shape index (κ2) is 9.64. The maximum atomic E-state index is 9.31. The molecule has 0 fully saturated rings. The topological polar surface area (TPSA) is 17.1 Å². The Hall–Kier alpha value is 1.40. The van der Waals surface area contributed by atoms with Crippen molar-refractivity contribution in [3.05, 3.63) is 0 Å². The van der Waals surface area contributed by atoms with E-state index in [0.717, 1.165) is 6.29 Å². The van der Waals surface area contributed by atoms with E-state index in [2.05, 4.69) is 12.2 Å². The predicted molar refractivity (Wildman–Crippen MR) is 31.5 cm³/mol. The molecule has 0 aromatic carbocycles. The number of thiocarbonyl (C=S) groups is 1. The Labute approximate surface area is 84.9 Å². The molecule has 1 nitrogen and oxygen atoms in total. The van der Waals surface area contributed by atoms with Gasteiger partial charge in [0.25, 0.3) is 0 Å². The summed E-state index contributed by atoms with van der Waals surface area (Å²) in [7, 11) is 0. The van der Waals surface area contributed by atoms with Crippen LogP contribution < -0.4 is 0 Å². The summed E-state index contributed by atoms with van der Waals surface area (Å²) in [6.45, 7) is 0. The van der Waals surface area contributed by atoms with Crippen molar-refractivity contribution in [3.63, 3.8) is 0 Å². The molecule has 0 spiro atoms. The molecule has 30 valence electrons.